The zero-order chi connectivity index (χ0) is 20.2. The van der Waals surface area contributed by atoms with Crippen molar-refractivity contribution in [1.82, 2.24) is 19.7 Å². The zero-order valence-electron chi connectivity index (χ0n) is 16.3. The van der Waals surface area contributed by atoms with Crippen LogP contribution in [0.3, 0.4) is 0 Å². The van der Waals surface area contributed by atoms with E-state index in [1.807, 2.05) is 48.1 Å². The first-order valence-electron chi connectivity index (χ1n) is 9.66. The lowest BCUT2D eigenvalue weighted by atomic mass is 10.2. The molecule has 0 radical (unpaired) electrons. The Bertz CT molecular complexity index is 989. The Labute approximate surface area is 181 Å². The molecule has 1 aromatic carbocycles. The van der Waals surface area contributed by atoms with Crippen molar-refractivity contribution in [3.8, 4) is 5.82 Å². The molecule has 1 fully saturated rings. The molecule has 5 nitrogen and oxygen atoms in total. The van der Waals surface area contributed by atoms with Crippen LogP contribution >= 0.6 is 23.2 Å². The van der Waals surface area contributed by atoms with Gasteiger partial charge in [0, 0.05) is 55.2 Å². The minimum absolute atomic E-state index is 0.620. The SMILES string of the molecule is Cc1c(/C=C/CN2CCN(c3cccc(Cl)c3)CC2)cnn1-c1ccc(Cl)cn1. The summed E-state index contributed by atoms with van der Waals surface area (Å²) in [7, 11) is 0. The van der Waals surface area contributed by atoms with Gasteiger partial charge in [-0.15, -0.1) is 0 Å². The number of piperazine rings is 1. The van der Waals surface area contributed by atoms with Gasteiger partial charge in [-0.25, -0.2) is 9.67 Å². The average molecular weight is 428 g/mol. The molecule has 2 aromatic heterocycles. The highest BCUT2D eigenvalue weighted by molar-refractivity contribution is 6.31. The predicted octanol–water partition coefficient (Wildman–Crippen LogP) is 4.72. The van der Waals surface area contributed by atoms with Gasteiger partial charge in [0.25, 0.3) is 0 Å². The van der Waals surface area contributed by atoms with Gasteiger partial charge in [0.1, 0.15) is 0 Å². The van der Waals surface area contributed by atoms with E-state index in [1.165, 1.54) is 5.69 Å². The lowest BCUT2D eigenvalue weighted by Crippen LogP contribution is -2.46. The third kappa shape index (κ3) is 4.81. The van der Waals surface area contributed by atoms with E-state index in [-0.39, 0.29) is 0 Å². The Hall–Kier alpha value is -2.34. The van der Waals surface area contributed by atoms with Gasteiger partial charge in [0.15, 0.2) is 5.82 Å². The van der Waals surface area contributed by atoms with Gasteiger partial charge in [-0.05, 0) is 37.3 Å². The fraction of sp³-hybridized carbons (Fsp3) is 0.273. The lowest BCUT2D eigenvalue weighted by molar-refractivity contribution is 0.284. The van der Waals surface area contributed by atoms with Crippen molar-refractivity contribution in [2.24, 2.45) is 0 Å². The first-order chi connectivity index (χ1) is 14.1. The number of anilines is 1. The number of aromatic nitrogens is 3. The number of hydrogen-bond acceptors (Lipinski definition) is 4. The van der Waals surface area contributed by atoms with Crippen molar-refractivity contribution in [2.45, 2.75) is 6.92 Å². The van der Waals surface area contributed by atoms with E-state index >= 15 is 0 Å². The number of nitrogens with zero attached hydrogens (tertiary/aromatic N) is 5. The molecule has 3 aromatic rings. The molecule has 0 bridgehead atoms. The highest BCUT2D eigenvalue weighted by Crippen LogP contribution is 2.21. The molecule has 0 aliphatic carbocycles. The summed E-state index contributed by atoms with van der Waals surface area (Å²) >= 11 is 12.0. The zero-order valence-corrected chi connectivity index (χ0v) is 17.8. The summed E-state index contributed by atoms with van der Waals surface area (Å²) < 4.78 is 1.83. The molecule has 1 aliphatic rings. The molecule has 0 atom stereocenters. The molecular weight excluding hydrogens is 405 g/mol. The molecule has 29 heavy (non-hydrogen) atoms. The van der Waals surface area contributed by atoms with Gasteiger partial charge >= 0.3 is 0 Å². The minimum Gasteiger partial charge on any atom is -0.369 e. The van der Waals surface area contributed by atoms with Crippen LogP contribution in [0.15, 0.2) is 54.9 Å². The van der Waals surface area contributed by atoms with Crippen LogP contribution in [0.2, 0.25) is 10.0 Å². The van der Waals surface area contributed by atoms with Crippen molar-refractivity contribution < 1.29 is 0 Å². The Morgan fingerprint density at radius 3 is 2.55 bits per heavy atom. The fourth-order valence-electron chi connectivity index (χ4n) is 3.50. The molecule has 0 saturated carbocycles. The highest BCUT2D eigenvalue weighted by atomic mass is 35.5. The third-order valence-corrected chi connectivity index (χ3v) is 5.64. The maximum atomic E-state index is 6.12. The number of rotatable bonds is 5. The number of halogens is 2. The second kappa shape index (κ2) is 8.99. The number of benzene rings is 1. The molecular formula is C22H23Cl2N5. The van der Waals surface area contributed by atoms with Crippen molar-refractivity contribution in [3.05, 3.63) is 76.2 Å². The van der Waals surface area contributed by atoms with Gasteiger partial charge in [-0.2, -0.15) is 5.10 Å². The van der Waals surface area contributed by atoms with Gasteiger partial charge < -0.3 is 4.90 Å². The lowest BCUT2D eigenvalue weighted by Gasteiger charge is -2.35. The van der Waals surface area contributed by atoms with Crippen LogP contribution in [0.4, 0.5) is 5.69 Å². The van der Waals surface area contributed by atoms with Crippen molar-refractivity contribution in [2.75, 3.05) is 37.6 Å². The Morgan fingerprint density at radius 2 is 1.83 bits per heavy atom. The van der Waals surface area contributed by atoms with Crippen LogP contribution in [0.5, 0.6) is 0 Å². The van der Waals surface area contributed by atoms with Crippen LogP contribution in [-0.4, -0.2) is 52.4 Å². The molecule has 150 valence electrons. The first kappa shape index (κ1) is 20.0. The topological polar surface area (TPSA) is 37.2 Å². The van der Waals surface area contributed by atoms with E-state index in [9.17, 15) is 0 Å². The number of hydrogen-bond donors (Lipinski definition) is 0. The molecule has 0 amide bonds. The van der Waals surface area contributed by atoms with Crippen LogP contribution in [0, 0.1) is 6.92 Å². The maximum absolute atomic E-state index is 6.12. The molecule has 1 aliphatic heterocycles. The van der Waals surface area contributed by atoms with Crippen LogP contribution in [0.25, 0.3) is 11.9 Å². The molecule has 3 heterocycles. The fourth-order valence-corrected chi connectivity index (χ4v) is 3.80. The van der Waals surface area contributed by atoms with Crippen LogP contribution in [0.1, 0.15) is 11.3 Å². The highest BCUT2D eigenvalue weighted by Gasteiger charge is 2.16. The quantitative estimate of drug-likeness (QED) is 0.590. The van der Waals surface area contributed by atoms with Gasteiger partial charge in [0.2, 0.25) is 0 Å². The molecule has 1 saturated heterocycles. The first-order valence-corrected chi connectivity index (χ1v) is 10.4. The smallest absolute Gasteiger partial charge is 0.153 e. The number of pyridine rings is 1. The standard InChI is InChI=1S/C22H23Cl2N5/c1-17-18(15-26-29(17)22-8-7-20(24)16-25-22)4-3-9-27-10-12-28(13-11-27)21-6-2-5-19(23)14-21/h2-8,14-16H,9-13H2,1H3/b4-3+. The summed E-state index contributed by atoms with van der Waals surface area (Å²) in [4.78, 5) is 9.18. The van der Waals surface area contributed by atoms with E-state index in [4.69, 9.17) is 23.2 Å². The van der Waals surface area contributed by atoms with Gasteiger partial charge in [-0.3, -0.25) is 4.90 Å². The largest absolute Gasteiger partial charge is 0.369 e. The maximum Gasteiger partial charge on any atom is 0.153 e. The molecule has 0 spiro atoms. The monoisotopic (exact) mass is 427 g/mol. The van der Waals surface area contributed by atoms with Crippen LogP contribution in [-0.2, 0) is 0 Å². The Balaban J connectivity index is 1.33. The summed E-state index contributed by atoms with van der Waals surface area (Å²) in [5.74, 6) is 0.767. The minimum atomic E-state index is 0.620. The van der Waals surface area contributed by atoms with Gasteiger partial charge in [0.05, 0.1) is 16.9 Å². The summed E-state index contributed by atoms with van der Waals surface area (Å²) in [5, 5.41) is 5.87. The second-order valence-corrected chi connectivity index (χ2v) is 7.97. The summed E-state index contributed by atoms with van der Waals surface area (Å²) in [6.07, 6.45) is 7.85. The summed E-state index contributed by atoms with van der Waals surface area (Å²) in [6.45, 7) is 7.05. The Kier molecular flexibility index (Phi) is 6.19. The second-order valence-electron chi connectivity index (χ2n) is 7.10. The molecule has 0 unspecified atom stereocenters. The van der Waals surface area contributed by atoms with Crippen molar-refractivity contribution in [3.63, 3.8) is 0 Å². The van der Waals surface area contributed by atoms with Crippen molar-refractivity contribution in [1.29, 1.82) is 0 Å². The van der Waals surface area contributed by atoms with E-state index < -0.39 is 0 Å². The Morgan fingerprint density at radius 1 is 1.00 bits per heavy atom. The van der Waals surface area contributed by atoms with Gasteiger partial charge in [-0.1, -0.05) is 41.4 Å². The average Bonchev–Trinajstić information content (AvgIpc) is 3.10. The molecule has 4 rings (SSSR count). The van der Waals surface area contributed by atoms with E-state index in [0.29, 0.717) is 5.02 Å². The van der Waals surface area contributed by atoms with E-state index in [0.717, 1.165) is 54.8 Å². The summed E-state index contributed by atoms with van der Waals surface area (Å²) in [5.41, 5.74) is 3.35. The predicted molar refractivity (Wildman–Crippen MR) is 120 cm³/mol. The van der Waals surface area contributed by atoms with E-state index in [1.54, 1.807) is 6.20 Å². The third-order valence-electron chi connectivity index (χ3n) is 5.18. The summed E-state index contributed by atoms with van der Waals surface area (Å²) in [6, 6.07) is 11.8. The van der Waals surface area contributed by atoms with Crippen LogP contribution < -0.4 is 4.90 Å². The normalized spacial score (nSPS) is 15.3. The van der Waals surface area contributed by atoms with E-state index in [2.05, 4.69) is 38.1 Å². The molecule has 7 heteroatoms. The van der Waals surface area contributed by atoms with Crippen molar-refractivity contribution >= 4 is 35.0 Å². The molecule has 0 N–H and O–H groups in total.